The highest BCUT2D eigenvalue weighted by Crippen LogP contribution is 2.29. The number of aromatic nitrogens is 3. The summed E-state index contributed by atoms with van der Waals surface area (Å²) in [6.07, 6.45) is 2.85. The Morgan fingerprint density at radius 3 is 2.70 bits per heavy atom. The zero-order valence-corrected chi connectivity index (χ0v) is 16.1. The van der Waals surface area contributed by atoms with Crippen LogP contribution in [-0.2, 0) is 16.6 Å². The van der Waals surface area contributed by atoms with Gasteiger partial charge in [-0.25, -0.2) is 13.4 Å². The maximum Gasteiger partial charge on any atom is 0.265 e. The fraction of sp³-hybridized carbons (Fsp3) is 0.111. The number of hydrogen-bond acceptors (Lipinski definition) is 6. The number of para-hydroxylation sites is 1. The Balaban J connectivity index is 1.55. The SMILES string of the molecule is CCn1cc(S(=O)(=O)Nc2cccc(Nc3nc4ccccc4s3)c2)cn1. The number of anilines is 3. The predicted octanol–water partition coefficient (Wildman–Crippen LogP) is 4.06. The van der Waals surface area contributed by atoms with Gasteiger partial charge in [0.25, 0.3) is 10.0 Å². The first-order valence-corrected chi connectivity index (χ1v) is 10.6. The minimum Gasteiger partial charge on any atom is -0.331 e. The van der Waals surface area contributed by atoms with Gasteiger partial charge < -0.3 is 5.32 Å². The van der Waals surface area contributed by atoms with E-state index in [1.807, 2.05) is 37.3 Å². The number of hydrogen-bond donors (Lipinski definition) is 2. The van der Waals surface area contributed by atoms with E-state index in [0.717, 1.165) is 21.0 Å². The fourth-order valence-corrected chi connectivity index (χ4v) is 4.47. The summed E-state index contributed by atoms with van der Waals surface area (Å²) < 4.78 is 30.3. The minimum atomic E-state index is -3.69. The third-order valence-electron chi connectivity index (χ3n) is 3.90. The predicted molar refractivity (Wildman–Crippen MR) is 108 cm³/mol. The Morgan fingerprint density at radius 1 is 1.11 bits per heavy atom. The molecule has 2 heterocycles. The summed E-state index contributed by atoms with van der Waals surface area (Å²) in [7, 11) is -3.69. The van der Waals surface area contributed by atoms with E-state index in [2.05, 4.69) is 20.1 Å². The van der Waals surface area contributed by atoms with Gasteiger partial charge in [0.05, 0.1) is 22.1 Å². The lowest BCUT2D eigenvalue weighted by Gasteiger charge is -2.08. The van der Waals surface area contributed by atoms with Crippen LogP contribution in [0.5, 0.6) is 0 Å². The second kappa shape index (κ2) is 7.01. The molecule has 0 bridgehead atoms. The van der Waals surface area contributed by atoms with E-state index in [9.17, 15) is 8.42 Å². The van der Waals surface area contributed by atoms with Crippen LogP contribution >= 0.6 is 11.3 Å². The van der Waals surface area contributed by atoms with Crippen LogP contribution in [-0.4, -0.2) is 23.2 Å². The van der Waals surface area contributed by atoms with Gasteiger partial charge in [-0.15, -0.1) is 0 Å². The van der Waals surface area contributed by atoms with E-state index in [1.165, 1.54) is 12.4 Å². The van der Waals surface area contributed by atoms with Crippen molar-refractivity contribution in [1.29, 1.82) is 0 Å². The number of sulfonamides is 1. The van der Waals surface area contributed by atoms with Crippen LogP contribution in [0.2, 0.25) is 0 Å². The van der Waals surface area contributed by atoms with Crippen molar-refractivity contribution in [3.05, 3.63) is 60.9 Å². The van der Waals surface area contributed by atoms with Crippen molar-refractivity contribution in [2.75, 3.05) is 10.0 Å². The maximum atomic E-state index is 12.5. The Bertz CT molecular complexity index is 1160. The van der Waals surface area contributed by atoms with E-state index in [4.69, 9.17) is 0 Å². The van der Waals surface area contributed by atoms with E-state index < -0.39 is 10.0 Å². The molecule has 0 aliphatic carbocycles. The summed E-state index contributed by atoms with van der Waals surface area (Å²) in [5.74, 6) is 0. The zero-order valence-electron chi connectivity index (χ0n) is 14.5. The number of fused-ring (bicyclic) bond motifs is 1. The smallest absolute Gasteiger partial charge is 0.265 e. The molecule has 0 atom stereocenters. The molecule has 0 spiro atoms. The zero-order chi connectivity index (χ0) is 18.9. The van der Waals surface area contributed by atoms with Crippen molar-refractivity contribution in [1.82, 2.24) is 14.8 Å². The molecule has 0 saturated carbocycles. The summed E-state index contributed by atoms with van der Waals surface area (Å²) >= 11 is 1.54. The van der Waals surface area contributed by atoms with Crippen molar-refractivity contribution >= 4 is 48.1 Å². The van der Waals surface area contributed by atoms with Gasteiger partial charge in [-0.05, 0) is 37.3 Å². The summed E-state index contributed by atoms with van der Waals surface area (Å²) in [5, 5.41) is 7.99. The van der Waals surface area contributed by atoms with Crippen LogP contribution in [0.4, 0.5) is 16.5 Å². The van der Waals surface area contributed by atoms with Crippen molar-refractivity contribution in [2.45, 2.75) is 18.4 Å². The van der Waals surface area contributed by atoms with Gasteiger partial charge >= 0.3 is 0 Å². The first kappa shape index (κ1) is 17.5. The molecule has 2 N–H and O–H groups in total. The molecule has 2 aromatic carbocycles. The van der Waals surface area contributed by atoms with E-state index >= 15 is 0 Å². The van der Waals surface area contributed by atoms with Gasteiger partial charge in [-0.2, -0.15) is 5.10 Å². The molecule has 27 heavy (non-hydrogen) atoms. The standard InChI is InChI=1S/C18H17N5O2S2/c1-2-23-12-15(11-19-23)27(24,25)22-14-7-5-6-13(10-14)20-18-21-16-8-3-4-9-17(16)26-18/h3-12,22H,2H2,1H3,(H,20,21). The van der Waals surface area contributed by atoms with Gasteiger partial charge in [0, 0.05) is 18.4 Å². The van der Waals surface area contributed by atoms with Crippen LogP contribution in [0.25, 0.3) is 10.2 Å². The molecular formula is C18H17N5O2S2. The van der Waals surface area contributed by atoms with Crippen molar-refractivity contribution in [3.8, 4) is 0 Å². The molecule has 4 aromatic rings. The van der Waals surface area contributed by atoms with Crippen molar-refractivity contribution in [2.24, 2.45) is 0 Å². The minimum absolute atomic E-state index is 0.133. The van der Waals surface area contributed by atoms with Crippen LogP contribution < -0.4 is 10.0 Å². The second-order valence-electron chi connectivity index (χ2n) is 5.83. The lowest BCUT2D eigenvalue weighted by Crippen LogP contribution is -2.12. The number of benzene rings is 2. The molecule has 0 aliphatic heterocycles. The molecule has 138 valence electrons. The van der Waals surface area contributed by atoms with Crippen LogP contribution in [0, 0.1) is 0 Å². The Morgan fingerprint density at radius 2 is 1.93 bits per heavy atom. The third-order valence-corrected chi connectivity index (χ3v) is 6.19. The Labute approximate surface area is 160 Å². The lowest BCUT2D eigenvalue weighted by atomic mass is 10.3. The van der Waals surface area contributed by atoms with Gasteiger partial charge in [0.1, 0.15) is 4.90 Å². The first-order valence-electron chi connectivity index (χ1n) is 8.31. The molecule has 0 amide bonds. The number of nitrogens with one attached hydrogen (secondary N) is 2. The molecule has 0 saturated heterocycles. The average molecular weight is 400 g/mol. The highest BCUT2D eigenvalue weighted by atomic mass is 32.2. The summed E-state index contributed by atoms with van der Waals surface area (Å²) in [5.41, 5.74) is 2.14. The number of nitrogens with zero attached hydrogens (tertiary/aromatic N) is 3. The Kier molecular flexibility index (Phi) is 4.54. The van der Waals surface area contributed by atoms with Crippen molar-refractivity contribution < 1.29 is 8.42 Å². The summed E-state index contributed by atoms with van der Waals surface area (Å²) in [4.78, 5) is 4.66. The number of aryl methyl sites for hydroxylation is 1. The maximum absolute atomic E-state index is 12.5. The van der Waals surface area contributed by atoms with E-state index in [1.54, 1.807) is 34.2 Å². The monoisotopic (exact) mass is 399 g/mol. The van der Waals surface area contributed by atoms with Gasteiger partial charge in [-0.1, -0.05) is 29.5 Å². The van der Waals surface area contributed by atoms with Gasteiger partial charge in [-0.3, -0.25) is 9.40 Å². The molecule has 2 aromatic heterocycles. The molecule has 0 fully saturated rings. The topological polar surface area (TPSA) is 88.9 Å². The third kappa shape index (κ3) is 3.79. The Hall–Kier alpha value is -2.91. The summed E-state index contributed by atoms with van der Waals surface area (Å²) in [6, 6.07) is 15.0. The fourth-order valence-electron chi connectivity index (χ4n) is 2.58. The molecule has 7 nitrogen and oxygen atoms in total. The highest BCUT2D eigenvalue weighted by molar-refractivity contribution is 7.92. The molecule has 4 rings (SSSR count). The quantitative estimate of drug-likeness (QED) is 0.510. The largest absolute Gasteiger partial charge is 0.331 e. The lowest BCUT2D eigenvalue weighted by molar-refractivity contribution is 0.600. The highest BCUT2D eigenvalue weighted by Gasteiger charge is 2.16. The van der Waals surface area contributed by atoms with Crippen molar-refractivity contribution in [3.63, 3.8) is 0 Å². The van der Waals surface area contributed by atoms with Gasteiger partial charge in [0.15, 0.2) is 5.13 Å². The van der Waals surface area contributed by atoms with Gasteiger partial charge in [0.2, 0.25) is 0 Å². The van der Waals surface area contributed by atoms with E-state index in [0.29, 0.717) is 12.2 Å². The van der Waals surface area contributed by atoms with Crippen LogP contribution in [0.3, 0.4) is 0 Å². The second-order valence-corrected chi connectivity index (χ2v) is 8.54. The van der Waals surface area contributed by atoms with E-state index in [-0.39, 0.29) is 4.90 Å². The molecular weight excluding hydrogens is 382 g/mol. The first-order chi connectivity index (χ1) is 13.0. The molecule has 9 heteroatoms. The van der Waals surface area contributed by atoms with Crippen LogP contribution in [0.15, 0.2) is 65.8 Å². The molecule has 0 aliphatic rings. The normalized spacial score (nSPS) is 11.6. The van der Waals surface area contributed by atoms with Crippen LogP contribution in [0.1, 0.15) is 6.92 Å². The summed E-state index contributed by atoms with van der Waals surface area (Å²) in [6.45, 7) is 2.51. The molecule has 0 unspecified atom stereocenters. The number of rotatable bonds is 6. The average Bonchev–Trinajstić information content (AvgIpc) is 3.28. The molecule has 0 radical (unpaired) electrons. The number of thiazole rings is 1.